The Labute approximate surface area is 73.8 Å². The summed E-state index contributed by atoms with van der Waals surface area (Å²) in [7, 11) is 0. The molecule has 0 aliphatic carbocycles. The number of hydrazine groups is 1. The molecule has 0 atom stereocenters. The van der Waals surface area contributed by atoms with Crippen molar-refractivity contribution in [3.05, 3.63) is 41.1 Å². The molecule has 0 spiro atoms. The number of anilines is 1. The highest BCUT2D eigenvalue weighted by atomic mass is 16.1. The molecule has 0 saturated heterocycles. The third-order valence-corrected chi connectivity index (χ3v) is 1.81. The summed E-state index contributed by atoms with van der Waals surface area (Å²) < 4.78 is 1.43. The maximum atomic E-state index is 11.2. The highest BCUT2D eigenvalue weighted by molar-refractivity contribution is 5.70. The molecule has 66 valence electrons. The molecule has 0 bridgehead atoms. The van der Waals surface area contributed by atoms with E-state index in [2.05, 4.69) is 10.4 Å². The van der Waals surface area contributed by atoms with Gasteiger partial charge in [0, 0.05) is 12.4 Å². The fourth-order valence-electron chi connectivity index (χ4n) is 1.21. The van der Waals surface area contributed by atoms with E-state index in [0.717, 1.165) is 0 Å². The molecule has 2 aromatic heterocycles. The maximum Gasteiger partial charge on any atom is 0.352 e. The van der Waals surface area contributed by atoms with Gasteiger partial charge < -0.3 is 5.43 Å². The summed E-state index contributed by atoms with van der Waals surface area (Å²) in [5, 5.41) is 0. The van der Waals surface area contributed by atoms with Gasteiger partial charge in [-0.3, -0.25) is 10.2 Å². The largest absolute Gasteiger partial charge is 0.352 e. The quantitative estimate of drug-likeness (QED) is 0.473. The zero-order chi connectivity index (χ0) is 9.26. The van der Waals surface area contributed by atoms with Crippen LogP contribution in [0.2, 0.25) is 0 Å². The SMILES string of the molecule is NNc1cccn2c(=O)nccc12. The number of nitrogens with two attached hydrogens (primary N) is 1. The van der Waals surface area contributed by atoms with Gasteiger partial charge in [0.05, 0.1) is 11.2 Å². The minimum absolute atomic E-state index is 0.311. The van der Waals surface area contributed by atoms with E-state index in [1.165, 1.54) is 10.6 Å². The van der Waals surface area contributed by atoms with Gasteiger partial charge in [-0.2, -0.15) is 0 Å². The lowest BCUT2D eigenvalue weighted by Crippen LogP contribution is -2.17. The molecule has 5 heteroatoms. The van der Waals surface area contributed by atoms with Crippen LogP contribution in [-0.4, -0.2) is 9.38 Å². The Bertz CT molecular complexity index is 491. The van der Waals surface area contributed by atoms with Crippen LogP contribution in [0, 0.1) is 0 Å². The molecule has 0 aliphatic heterocycles. The number of aromatic nitrogens is 2. The minimum atomic E-state index is -0.311. The van der Waals surface area contributed by atoms with Crippen LogP contribution in [0.4, 0.5) is 5.69 Å². The van der Waals surface area contributed by atoms with Crippen molar-refractivity contribution < 1.29 is 0 Å². The van der Waals surface area contributed by atoms with Crippen LogP contribution >= 0.6 is 0 Å². The summed E-state index contributed by atoms with van der Waals surface area (Å²) in [5.74, 6) is 5.28. The number of nitrogens with one attached hydrogen (secondary N) is 1. The minimum Gasteiger partial charge on any atom is -0.322 e. The van der Waals surface area contributed by atoms with Crippen LogP contribution in [0.15, 0.2) is 35.4 Å². The van der Waals surface area contributed by atoms with E-state index >= 15 is 0 Å². The van der Waals surface area contributed by atoms with Gasteiger partial charge in [0.1, 0.15) is 0 Å². The zero-order valence-electron chi connectivity index (χ0n) is 6.77. The molecule has 2 rings (SSSR count). The average Bonchev–Trinajstić information content (AvgIpc) is 2.18. The third-order valence-electron chi connectivity index (χ3n) is 1.81. The number of hydrogen-bond donors (Lipinski definition) is 2. The summed E-state index contributed by atoms with van der Waals surface area (Å²) in [6.45, 7) is 0. The molecule has 0 aliphatic rings. The first-order valence-electron chi connectivity index (χ1n) is 3.76. The summed E-state index contributed by atoms with van der Waals surface area (Å²) in [5.41, 5.74) is 3.61. The third kappa shape index (κ3) is 1.15. The molecule has 13 heavy (non-hydrogen) atoms. The van der Waals surface area contributed by atoms with Crippen molar-refractivity contribution >= 4 is 11.2 Å². The fourth-order valence-corrected chi connectivity index (χ4v) is 1.21. The van der Waals surface area contributed by atoms with Crippen molar-refractivity contribution in [2.45, 2.75) is 0 Å². The molecule has 3 N–H and O–H groups in total. The number of fused-ring (bicyclic) bond motifs is 1. The van der Waals surface area contributed by atoms with E-state index in [4.69, 9.17) is 5.84 Å². The zero-order valence-corrected chi connectivity index (χ0v) is 6.77. The van der Waals surface area contributed by atoms with Crippen LogP contribution in [0.3, 0.4) is 0 Å². The lowest BCUT2D eigenvalue weighted by molar-refractivity contribution is 0.992. The molecule has 5 nitrogen and oxygen atoms in total. The summed E-state index contributed by atoms with van der Waals surface area (Å²) in [6.07, 6.45) is 3.10. The Balaban J connectivity index is 2.92. The van der Waals surface area contributed by atoms with E-state index in [0.29, 0.717) is 11.2 Å². The van der Waals surface area contributed by atoms with Gasteiger partial charge in [-0.05, 0) is 18.2 Å². The molecule has 0 fully saturated rings. The second kappa shape index (κ2) is 2.87. The summed E-state index contributed by atoms with van der Waals surface area (Å²) in [6, 6.07) is 5.23. The molecular weight excluding hydrogens is 168 g/mol. The number of pyridine rings is 1. The Hall–Kier alpha value is -1.88. The normalized spacial score (nSPS) is 10.2. The van der Waals surface area contributed by atoms with Gasteiger partial charge in [-0.15, -0.1) is 0 Å². The molecule has 0 radical (unpaired) electrons. The molecule has 0 saturated carbocycles. The van der Waals surface area contributed by atoms with Gasteiger partial charge in [-0.1, -0.05) is 0 Å². The second-order valence-electron chi connectivity index (χ2n) is 2.55. The predicted molar refractivity (Wildman–Crippen MR) is 49.3 cm³/mol. The van der Waals surface area contributed by atoms with E-state index in [1.54, 1.807) is 24.4 Å². The lowest BCUT2D eigenvalue weighted by atomic mass is 10.3. The molecule has 0 aromatic carbocycles. The van der Waals surface area contributed by atoms with Crippen molar-refractivity contribution in [3.63, 3.8) is 0 Å². The Morgan fingerprint density at radius 1 is 1.46 bits per heavy atom. The predicted octanol–water partition coefficient (Wildman–Crippen LogP) is -0.0199. The topological polar surface area (TPSA) is 72.4 Å². The van der Waals surface area contributed by atoms with Crippen LogP contribution < -0.4 is 17.0 Å². The van der Waals surface area contributed by atoms with Gasteiger partial charge in [0.2, 0.25) is 0 Å². The maximum absolute atomic E-state index is 11.2. The van der Waals surface area contributed by atoms with Crippen LogP contribution in [-0.2, 0) is 0 Å². The van der Waals surface area contributed by atoms with Crippen molar-refractivity contribution in [1.82, 2.24) is 9.38 Å². The molecule has 0 unspecified atom stereocenters. The van der Waals surface area contributed by atoms with E-state index in [-0.39, 0.29) is 5.69 Å². The fraction of sp³-hybridized carbons (Fsp3) is 0. The highest BCUT2D eigenvalue weighted by Crippen LogP contribution is 2.11. The van der Waals surface area contributed by atoms with Gasteiger partial charge >= 0.3 is 5.69 Å². The van der Waals surface area contributed by atoms with Gasteiger partial charge in [0.25, 0.3) is 0 Å². The number of nitrogens with zero attached hydrogens (tertiary/aromatic N) is 2. The molecule has 2 aromatic rings. The summed E-state index contributed by atoms with van der Waals surface area (Å²) in [4.78, 5) is 14.9. The smallest absolute Gasteiger partial charge is 0.322 e. The summed E-state index contributed by atoms with van der Waals surface area (Å²) >= 11 is 0. The molecule has 0 amide bonds. The van der Waals surface area contributed by atoms with Crippen molar-refractivity contribution in [2.24, 2.45) is 5.84 Å². The highest BCUT2D eigenvalue weighted by Gasteiger charge is 1.99. The second-order valence-corrected chi connectivity index (χ2v) is 2.55. The van der Waals surface area contributed by atoms with Crippen molar-refractivity contribution in [3.8, 4) is 0 Å². The standard InChI is InChI=1S/C8H8N4O/c9-11-6-2-1-5-12-7(6)3-4-10-8(12)13/h1-5,11H,9H2. The van der Waals surface area contributed by atoms with Crippen molar-refractivity contribution in [2.75, 3.05) is 5.43 Å². The van der Waals surface area contributed by atoms with E-state index in [1.807, 2.05) is 0 Å². The Morgan fingerprint density at radius 3 is 3.08 bits per heavy atom. The average molecular weight is 176 g/mol. The van der Waals surface area contributed by atoms with Gasteiger partial charge in [0.15, 0.2) is 0 Å². The van der Waals surface area contributed by atoms with Crippen LogP contribution in [0.1, 0.15) is 0 Å². The molecular formula is C8H8N4O. The van der Waals surface area contributed by atoms with E-state index < -0.39 is 0 Å². The first kappa shape index (κ1) is 7.75. The van der Waals surface area contributed by atoms with Gasteiger partial charge in [-0.25, -0.2) is 9.78 Å². The number of rotatable bonds is 1. The number of hydrogen-bond acceptors (Lipinski definition) is 4. The van der Waals surface area contributed by atoms with Crippen LogP contribution in [0.25, 0.3) is 5.52 Å². The monoisotopic (exact) mass is 176 g/mol. The van der Waals surface area contributed by atoms with E-state index in [9.17, 15) is 4.79 Å². The first-order valence-corrected chi connectivity index (χ1v) is 3.76. The van der Waals surface area contributed by atoms with Crippen molar-refractivity contribution in [1.29, 1.82) is 0 Å². The number of nitrogen functional groups attached to an aromatic ring is 1. The molecule has 2 heterocycles. The Kier molecular flexibility index (Phi) is 1.71. The first-order chi connectivity index (χ1) is 6.33. The lowest BCUT2D eigenvalue weighted by Gasteiger charge is -2.04. The van der Waals surface area contributed by atoms with Crippen LogP contribution in [0.5, 0.6) is 0 Å². The Morgan fingerprint density at radius 2 is 2.31 bits per heavy atom.